The number of nitrogens with zero attached hydrogens (tertiary/aromatic N) is 2. The third kappa shape index (κ3) is 5.23. The Kier molecular flexibility index (Phi) is 7.49. The molecule has 0 saturated heterocycles. The van der Waals surface area contributed by atoms with Gasteiger partial charge in [0.2, 0.25) is 0 Å². The highest BCUT2D eigenvalue weighted by Gasteiger charge is 2.10. The lowest BCUT2D eigenvalue weighted by molar-refractivity contribution is 0.289. The fourth-order valence-corrected chi connectivity index (χ4v) is 2.87. The van der Waals surface area contributed by atoms with Crippen LogP contribution in [0.2, 0.25) is 5.02 Å². The molecule has 0 aliphatic carbocycles. The van der Waals surface area contributed by atoms with E-state index in [1.54, 1.807) is 7.11 Å². The van der Waals surface area contributed by atoms with Gasteiger partial charge in [0.25, 0.3) is 0 Å². The van der Waals surface area contributed by atoms with E-state index in [9.17, 15) is 0 Å². The maximum atomic E-state index is 6.17. The Morgan fingerprint density at radius 2 is 1.88 bits per heavy atom. The number of hydrogen-bond acceptors (Lipinski definition) is 4. The lowest BCUT2D eigenvalue weighted by Crippen LogP contribution is -2.22. The molecular formula is C21H28ClN3O. The molecule has 0 radical (unpaired) electrons. The Labute approximate surface area is 161 Å². The number of aryl methyl sites for hydroxylation is 1. The molecule has 2 aromatic rings. The van der Waals surface area contributed by atoms with Crippen LogP contribution in [0.5, 0.6) is 5.75 Å². The lowest BCUT2D eigenvalue weighted by atomic mass is 10.1. The van der Waals surface area contributed by atoms with Gasteiger partial charge in [0, 0.05) is 17.1 Å². The van der Waals surface area contributed by atoms with Gasteiger partial charge in [0.15, 0.2) is 0 Å². The Morgan fingerprint density at radius 1 is 1.15 bits per heavy atom. The molecule has 0 aliphatic rings. The van der Waals surface area contributed by atoms with Crippen molar-refractivity contribution in [3.8, 4) is 5.75 Å². The van der Waals surface area contributed by atoms with Gasteiger partial charge in [-0.1, -0.05) is 31.5 Å². The first-order valence-corrected chi connectivity index (χ1v) is 9.32. The van der Waals surface area contributed by atoms with Gasteiger partial charge in [-0.3, -0.25) is 10.3 Å². The van der Waals surface area contributed by atoms with Gasteiger partial charge in [-0.2, -0.15) is 5.10 Å². The molecule has 0 atom stereocenters. The van der Waals surface area contributed by atoms with Crippen LogP contribution in [0.15, 0.2) is 41.5 Å². The summed E-state index contributed by atoms with van der Waals surface area (Å²) >= 11 is 6.17. The molecule has 5 heteroatoms. The smallest absolute Gasteiger partial charge is 0.123 e. The van der Waals surface area contributed by atoms with Gasteiger partial charge in [-0.15, -0.1) is 0 Å². The van der Waals surface area contributed by atoms with Crippen LogP contribution in [0.25, 0.3) is 0 Å². The van der Waals surface area contributed by atoms with Crippen molar-refractivity contribution >= 4 is 23.0 Å². The van der Waals surface area contributed by atoms with E-state index in [1.165, 1.54) is 5.56 Å². The Balaban J connectivity index is 2.21. The molecule has 0 spiro atoms. The van der Waals surface area contributed by atoms with E-state index in [1.807, 2.05) is 44.2 Å². The summed E-state index contributed by atoms with van der Waals surface area (Å²) in [6.07, 6.45) is 0. The lowest BCUT2D eigenvalue weighted by Gasteiger charge is -2.20. The Morgan fingerprint density at radius 3 is 2.50 bits per heavy atom. The van der Waals surface area contributed by atoms with Gasteiger partial charge >= 0.3 is 0 Å². The molecule has 0 heterocycles. The molecular weight excluding hydrogens is 346 g/mol. The minimum atomic E-state index is 0.730. The summed E-state index contributed by atoms with van der Waals surface area (Å²) in [6, 6.07) is 12.0. The highest BCUT2D eigenvalue weighted by molar-refractivity contribution is 6.31. The summed E-state index contributed by atoms with van der Waals surface area (Å²) in [5.41, 5.74) is 8.15. The van der Waals surface area contributed by atoms with Crippen molar-refractivity contribution in [2.45, 2.75) is 34.2 Å². The summed E-state index contributed by atoms with van der Waals surface area (Å²) in [4.78, 5) is 2.36. The number of rotatable bonds is 8. The maximum Gasteiger partial charge on any atom is 0.123 e. The van der Waals surface area contributed by atoms with Gasteiger partial charge in [-0.05, 0) is 68.4 Å². The zero-order chi connectivity index (χ0) is 19.1. The summed E-state index contributed by atoms with van der Waals surface area (Å²) in [7, 11) is 1.71. The quantitative estimate of drug-likeness (QED) is 0.501. The molecule has 140 valence electrons. The zero-order valence-electron chi connectivity index (χ0n) is 16.3. The number of benzene rings is 2. The summed E-state index contributed by atoms with van der Waals surface area (Å²) in [5.74, 6) is 0.909. The minimum Gasteiger partial charge on any atom is -0.496 e. The Hall–Kier alpha value is -2.04. The number of anilines is 1. The van der Waals surface area contributed by atoms with Crippen LogP contribution in [-0.2, 0) is 6.54 Å². The molecule has 2 rings (SSSR count). The zero-order valence-corrected chi connectivity index (χ0v) is 17.0. The SMILES string of the molecule is CCN(CC)Cc1cc(/C(C)=N/Nc2ccc(C)c(Cl)c2)ccc1OC. The molecule has 0 aliphatic heterocycles. The summed E-state index contributed by atoms with van der Waals surface area (Å²) in [6.45, 7) is 11.2. The third-order valence-electron chi connectivity index (χ3n) is 4.51. The molecule has 0 fully saturated rings. The first-order valence-electron chi connectivity index (χ1n) is 8.94. The number of nitrogens with one attached hydrogen (secondary N) is 1. The van der Waals surface area contributed by atoms with E-state index < -0.39 is 0 Å². The van der Waals surface area contributed by atoms with E-state index >= 15 is 0 Å². The van der Waals surface area contributed by atoms with Crippen LogP contribution < -0.4 is 10.2 Å². The van der Waals surface area contributed by atoms with E-state index in [4.69, 9.17) is 16.3 Å². The number of ether oxygens (including phenoxy) is 1. The molecule has 26 heavy (non-hydrogen) atoms. The van der Waals surface area contributed by atoms with Crippen molar-refractivity contribution in [3.63, 3.8) is 0 Å². The number of halogens is 1. The standard InChI is InChI=1S/C21H28ClN3O/c1-6-25(7-2)14-18-12-17(9-11-21(18)26-5)16(4)23-24-19-10-8-15(3)20(22)13-19/h8-13,24H,6-7,14H2,1-5H3/b23-16+. The van der Waals surface area contributed by atoms with Crippen molar-refractivity contribution in [3.05, 3.63) is 58.1 Å². The normalized spacial score (nSPS) is 11.7. The van der Waals surface area contributed by atoms with Crippen molar-refractivity contribution in [2.24, 2.45) is 5.10 Å². The predicted molar refractivity (Wildman–Crippen MR) is 112 cm³/mol. The Bertz CT molecular complexity index is 770. The van der Waals surface area contributed by atoms with Crippen LogP contribution >= 0.6 is 11.6 Å². The third-order valence-corrected chi connectivity index (χ3v) is 4.92. The number of methoxy groups -OCH3 is 1. The van der Waals surface area contributed by atoms with Gasteiger partial charge in [-0.25, -0.2) is 0 Å². The average molecular weight is 374 g/mol. The van der Waals surface area contributed by atoms with Gasteiger partial charge in [0.05, 0.1) is 18.5 Å². The van der Waals surface area contributed by atoms with Crippen LogP contribution in [0.1, 0.15) is 37.5 Å². The van der Waals surface area contributed by atoms with Crippen LogP contribution in [0.3, 0.4) is 0 Å². The van der Waals surface area contributed by atoms with Crippen molar-refractivity contribution in [2.75, 3.05) is 25.6 Å². The monoisotopic (exact) mass is 373 g/mol. The van der Waals surface area contributed by atoms with Gasteiger partial charge in [0.1, 0.15) is 5.75 Å². The van der Waals surface area contributed by atoms with Crippen molar-refractivity contribution in [1.29, 1.82) is 0 Å². The molecule has 1 N–H and O–H groups in total. The topological polar surface area (TPSA) is 36.9 Å². The number of hydrazone groups is 1. The second kappa shape index (κ2) is 9.60. The molecule has 0 amide bonds. The van der Waals surface area contributed by atoms with Crippen molar-refractivity contribution < 1.29 is 4.74 Å². The predicted octanol–water partition coefficient (Wildman–Crippen LogP) is 5.33. The van der Waals surface area contributed by atoms with Gasteiger partial charge < -0.3 is 4.74 Å². The minimum absolute atomic E-state index is 0.730. The second-order valence-corrected chi connectivity index (χ2v) is 6.67. The summed E-state index contributed by atoms with van der Waals surface area (Å²) < 4.78 is 5.53. The average Bonchev–Trinajstić information content (AvgIpc) is 2.66. The maximum absolute atomic E-state index is 6.17. The molecule has 0 aromatic heterocycles. The second-order valence-electron chi connectivity index (χ2n) is 6.26. The molecule has 0 unspecified atom stereocenters. The molecule has 0 saturated carbocycles. The fraction of sp³-hybridized carbons (Fsp3) is 0.381. The highest BCUT2D eigenvalue weighted by Crippen LogP contribution is 2.23. The molecule has 0 bridgehead atoms. The van der Waals surface area contributed by atoms with Crippen molar-refractivity contribution in [1.82, 2.24) is 4.90 Å². The van der Waals surface area contributed by atoms with E-state index in [0.29, 0.717) is 0 Å². The van der Waals surface area contributed by atoms with E-state index in [-0.39, 0.29) is 0 Å². The molecule has 4 nitrogen and oxygen atoms in total. The van der Waals surface area contributed by atoms with E-state index in [0.717, 1.165) is 52.9 Å². The molecule has 2 aromatic carbocycles. The number of hydrogen-bond donors (Lipinski definition) is 1. The summed E-state index contributed by atoms with van der Waals surface area (Å²) in [5, 5.41) is 5.24. The van der Waals surface area contributed by atoms with E-state index in [2.05, 4.69) is 35.3 Å². The first kappa shape index (κ1) is 20.3. The van der Waals surface area contributed by atoms with Crippen LogP contribution in [0.4, 0.5) is 5.69 Å². The highest BCUT2D eigenvalue weighted by atomic mass is 35.5. The van der Waals surface area contributed by atoms with Crippen LogP contribution in [-0.4, -0.2) is 30.8 Å². The largest absolute Gasteiger partial charge is 0.496 e. The van der Waals surface area contributed by atoms with Crippen LogP contribution in [0, 0.1) is 6.92 Å². The fourth-order valence-electron chi connectivity index (χ4n) is 2.69. The first-order chi connectivity index (χ1) is 12.5.